The van der Waals surface area contributed by atoms with Crippen molar-refractivity contribution in [3.8, 4) is 11.8 Å². The van der Waals surface area contributed by atoms with Crippen LogP contribution in [0.4, 0.5) is 5.69 Å². The van der Waals surface area contributed by atoms with E-state index in [2.05, 4.69) is 11.8 Å². The van der Waals surface area contributed by atoms with E-state index in [4.69, 9.17) is 5.11 Å². The van der Waals surface area contributed by atoms with Crippen molar-refractivity contribution in [2.75, 3.05) is 11.5 Å². The van der Waals surface area contributed by atoms with E-state index in [1.165, 1.54) is 4.90 Å². The van der Waals surface area contributed by atoms with Crippen LogP contribution in [0.25, 0.3) is 0 Å². The maximum Gasteiger partial charge on any atom is 0.237 e. The number of nitrogens with zero attached hydrogens (tertiary/aromatic N) is 1. The Kier molecular flexibility index (Phi) is 3.45. The Labute approximate surface area is 105 Å². The molecule has 1 aromatic rings. The molecule has 0 aromatic heterocycles. The summed E-state index contributed by atoms with van der Waals surface area (Å²) in [6.07, 6.45) is 0.255. The third-order valence-electron chi connectivity index (χ3n) is 2.79. The summed E-state index contributed by atoms with van der Waals surface area (Å²) in [4.78, 5) is 24.8. The highest BCUT2D eigenvalue weighted by Crippen LogP contribution is 2.26. The Morgan fingerprint density at radius 2 is 2.22 bits per heavy atom. The van der Waals surface area contributed by atoms with Crippen LogP contribution in [0.3, 0.4) is 0 Å². The van der Waals surface area contributed by atoms with Crippen molar-refractivity contribution in [3.63, 3.8) is 0 Å². The number of hydrogen-bond donors (Lipinski definition) is 1. The molecular formula is C14H13NO3. The summed E-state index contributed by atoms with van der Waals surface area (Å²) in [5, 5.41) is 8.63. The van der Waals surface area contributed by atoms with Crippen LogP contribution in [0.5, 0.6) is 0 Å². The Balaban J connectivity index is 2.34. The summed E-state index contributed by atoms with van der Waals surface area (Å²) in [5.74, 6) is 4.67. The van der Waals surface area contributed by atoms with Gasteiger partial charge in [-0.25, -0.2) is 0 Å². The second-order valence-electron chi connectivity index (χ2n) is 4.18. The molecule has 1 heterocycles. The SMILES string of the molecule is CC1CC(=O)N(c2cccc(C#CCO)c2)C1=O. The maximum atomic E-state index is 11.9. The molecule has 1 aliphatic heterocycles. The minimum absolute atomic E-state index is 0.174. The van der Waals surface area contributed by atoms with Gasteiger partial charge < -0.3 is 5.11 Å². The van der Waals surface area contributed by atoms with E-state index in [0.717, 1.165) is 0 Å². The molecule has 18 heavy (non-hydrogen) atoms. The minimum atomic E-state index is -0.260. The summed E-state index contributed by atoms with van der Waals surface area (Å²) in [6, 6.07) is 6.88. The van der Waals surface area contributed by atoms with Gasteiger partial charge >= 0.3 is 0 Å². The van der Waals surface area contributed by atoms with Gasteiger partial charge in [-0.15, -0.1) is 0 Å². The average molecular weight is 243 g/mol. The standard InChI is InChI=1S/C14H13NO3/c1-10-8-13(17)15(14(10)18)12-6-2-4-11(9-12)5-3-7-16/h2,4,6,9-10,16H,7-8H2,1H3. The van der Waals surface area contributed by atoms with Crippen molar-refractivity contribution >= 4 is 17.5 Å². The Morgan fingerprint density at radius 3 is 2.83 bits per heavy atom. The van der Waals surface area contributed by atoms with Crippen LogP contribution in [-0.4, -0.2) is 23.5 Å². The molecule has 0 radical (unpaired) electrons. The summed E-state index contributed by atoms with van der Waals surface area (Å²) in [5.41, 5.74) is 1.21. The van der Waals surface area contributed by atoms with Gasteiger partial charge in [-0.2, -0.15) is 0 Å². The lowest BCUT2D eigenvalue weighted by Crippen LogP contribution is -2.29. The van der Waals surface area contributed by atoms with Gasteiger partial charge in [0, 0.05) is 17.9 Å². The Morgan fingerprint density at radius 1 is 1.44 bits per heavy atom. The van der Waals surface area contributed by atoms with Crippen LogP contribution in [0.1, 0.15) is 18.9 Å². The molecular weight excluding hydrogens is 230 g/mol. The van der Waals surface area contributed by atoms with Crippen LogP contribution >= 0.6 is 0 Å². The molecule has 0 saturated carbocycles. The first kappa shape index (κ1) is 12.3. The fourth-order valence-corrected chi connectivity index (χ4v) is 1.92. The number of rotatable bonds is 1. The zero-order valence-corrected chi connectivity index (χ0v) is 10.0. The van der Waals surface area contributed by atoms with Gasteiger partial charge in [0.15, 0.2) is 0 Å². The predicted octanol–water partition coefficient (Wildman–Crippen LogP) is 0.930. The van der Waals surface area contributed by atoms with Crippen molar-refractivity contribution in [3.05, 3.63) is 29.8 Å². The predicted molar refractivity (Wildman–Crippen MR) is 66.7 cm³/mol. The molecule has 4 heteroatoms. The molecule has 2 rings (SSSR count). The van der Waals surface area contributed by atoms with Crippen LogP contribution < -0.4 is 4.90 Å². The normalized spacial score (nSPS) is 18.8. The number of carbonyl (C=O) groups is 2. The number of hydrogen-bond acceptors (Lipinski definition) is 3. The summed E-state index contributed by atoms with van der Waals surface area (Å²) >= 11 is 0. The minimum Gasteiger partial charge on any atom is -0.384 e. The highest BCUT2D eigenvalue weighted by Gasteiger charge is 2.36. The van der Waals surface area contributed by atoms with Crippen LogP contribution in [0, 0.1) is 17.8 Å². The lowest BCUT2D eigenvalue weighted by atomic mass is 10.1. The highest BCUT2D eigenvalue weighted by atomic mass is 16.2. The molecule has 1 fully saturated rings. The third-order valence-corrected chi connectivity index (χ3v) is 2.79. The zero-order chi connectivity index (χ0) is 13.1. The lowest BCUT2D eigenvalue weighted by molar-refractivity contribution is -0.122. The average Bonchev–Trinajstić information content (AvgIpc) is 2.61. The van der Waals surface area contributed by atoms with Gasteiger partial charge in [-0.05, 0) is 18.2 Å². The van der Waals surface area contributed by atoms with E-state index >= 15 is 0 Å². The Bertz CT molecular complexity index is 554. The first-order valence-electron chi connectivity index (χ1n) is 5.70. The van der Waals surface area contributed by atoms with Crippen molar-refractivity contribution < 1.29 is 14.7 Å². The Hall–Kier alpha value is -2.12. The number of aliphatic hydroxyl groups is 1. The molecule has 1 unspecified atom stereocenters. The van der Waals surface area contributed by atoms with E-state index in [1.54, 1.807) is 31.2 Å². The second kappa shape index (κ2) is 5.03. The molecule has 1 aliphatic rings. The van der Waals surface area contributed by atoms with Gasteiger partial charge in [-0.1, -0.05) is 24.8 Å². The quantitative estimate of drug-likeness (QED) is 0.589. The molecule has 1 atom stereocenters. The molecule has 2 amide bonds. The van der Waals surface area contributed by atoms with Gasteiger partial charge in [0.05, 0.1) is 5.69 Å². The summed E-state index contributed by atoms with van der Waals surface area (Å²) in [7, 11) is 0. The van der Waals surface area contributed by atoms with Gasteiger partial charge in [-0.3, -0.25) is 14.5 Å². The molecule has 1 aromatic carbocycles. The summed E-state index contributed by atoms with van der Waals surface area (Å²) < 4.78 is 0. The molecule has 1 N–H and O–H groups in total. The molecule has 0 spiro atoms. The number of aliphatic hydroxyl groups excluding tert-OH is 1. The number of anilines is 1. The lowest BCUT2D eigenvalue weighted by Gasteiger charge is -2.14. The fraction of sp³-hybridized carbons (Fsp3) is 0.286. The van der Waals surface area contributed by atoms with Crippen molar-refractivity contribution in [1.82, 2.24) is 0 Å². The van der Waals surface area contributed by atoms with Crippen molar-refractivity contribution in [2.45, 2.75) is 13.3 Å². The monoisotopic (exact) mass is 243 g/mol. The van der Waals surface area contributed by atoms with Crippen LogP contribution in [-0.2, 0) is 9.59 Å². The van der Waals surface area contributed by atoms with E-state index in [1.807, 2.05) is 0 Å². The molecule has 1 saturated heterocycles. The molecule has 0 bridgehead atoms. The molecule has 4 nitrogen and oxygen atoms in total. The van der Waals surface area contributed by atoms with E-state index in [-0.39, 0.29) is 30.8 Å². The van der Waals surface area contributed by atoms with E-state index < -0.39 is 0 Å². The maximum absolute atomic E-state index is 11.9. The first-order valence-corrected chi connectivity index (χ1v) is 5.70. The van der Waals surface area contributed by atoms with Crippen molar-refractivity contribution in [2.24, 2.45) is 5.92 Å². The fourth-order valence-electron chi connectivity index (χ4n) is 1.92. The van der Waals surface area contributed by atoms with E-state index in [0.29, 0.717) is 11.3 Å². The third kappa shape index (κ3) is 2.27. The van der Waals surface area contributed by atoms with Gasteiger partial charge in [0.1, 0.15) is 6.61 Å². The van der Waals surface area contributed by atoms with Crippen LogP contribution in [0.2, 0.25) is 0 Å². The summed E-state index contributed by atoms with van der Waals surface area (Å²) in [6.45, 7) is 1.53. The first-order chi connectivity index (χ1) is 8.63. The largest absolute Gasteiger partial charge is 0.384 e. The smallest absolute Gasteiger partial charge is 0.237 e. The number of amides is 2. The van der Waals surface area contributed by atoms with Gasteiger partial charge in [0.25, 0.3) is 0 Å². The second-order valence-corrected chi connectivity index (χ2v) is 4.18. The number of carbonyl (C=O) groups excluding carboxylic acids is 2. The number of imide groups is 1. The van der Waals surface area contributed by atoms with Crippen LogP contribution in [0.15, 0.2) is 24.3 Å². The molecule has 0 aliphatic carbocycles. The molecule has 92 valence electrons. The topological polar surface area (TPSA) is 57.6 Å². The van der Waals surface area contributed by atoms with Crippen molar-refractivity contribution in [1.29, 1.82) is 0 Å². The number of benzene rings is 1. The van der Waals surface area contributed by atoms with Gasteiger partial charge in [0.2, 0.25) is 11.8 Å². The highest BCUT2D eigenvalue weighted by molar-refractivity contribution is 6.20. The van der Waals surface area contributed by atoms with E-state index in [9.17, 15) is 9.59 Å². The zero-order valence-electron chi connectivity index (χ0n) is 10.0.